The predicted molar refractivity (Wildman–Crippen MR) is 110 cm³/mol. The van der Waals surface area contributed by atoms with Gasteiger partial charge in [0.2, 0.25) is 5.91 Å². The van der Waals surface area contributed by atoms with Gasteiger partial charge in [0.1, 0.15) is 5.84 Å². The topological polar surface area (TPSA) is 51.1 Å². The first-order valence-electron chi connectivity index (χ1n) is 10.3. The van der Waals surface area contributed by atoms with Crippen molar-refractivity contribution in [3.05, 3.63) is 58.7 Å². The molecule has 0 N–H and O–H groups in total. The van der Waals surface area contributed by atoms with Gasteiger partial charge in [0.25, 0.3) is 0 Å². The number of alkyl halides is 3. The molecule has 1 amide bonds. The van der Waals surface area contributed by atoms with E-state index in [1.165, 1.54) is 6.07 Å². The highest BCUT2D eigenvalue weighted by atomic mass is 19.4. The highest BCUT2D eigenvalue weighted by Gasteiger charge is 2.37. The minimum absolute atomic E-state index is 0.162. The summed E-state index contributed by atoms with van der Waals surface area (Å²) in [5.41, 5.74) is 1.49. The van der Waals surface area contributed by atoms with Crippen LogP contribution in [0.15, 0.2) is 41.4 Å². The lowest BCUT2D eigenvalue weighted by Gasteiger charge is -2.41. The van der Waals surface area contributed by atoms with E-state index in [-0.39, 0.29) is 29.8 Å². The van der Waals surface area contributed by atoms with Gasteiger partial charge in [-0.3, -0.25) is 4.79 Å². The summed E-state index contributed by atoms with van der Waals surface area (Å²) in [5, 5.41) is 0. The van der Waals surface area contributed by atoms with Crippen molar-refractivity contribution in [2.45, 2.75) is 38.9 Å². The standard InChI is InChI=1S/C23H23F3N2O3/c1-3-30-19-11-14-8-9-28-18(17(14)12-20(19)31-4-2)13-21(29)27-22(28)15-6-5-7-16(10-15)23(24,25)26/h5-7,10-12,18H,3-4,8-9,13H2,1-2H3. The van der Waals surface area contributed by atoms with Crippen molar-refractivity contribution in [3.63, 3.8) is 0 Å². The third-order valence-electron chi connectivity index (χ3n) is 5.48. The average Bonchev–Trinajstić information content (AvgIpc) is 2.73. The molecule has 1 atom stereocenters. The Kier molecular flexibility index (Phi) is 5.64. The smallest absolute Gasteiger partial charge is 0.416 e. The van der Waals surface area contributed by atoms with E-state index in [4.69, 9.17) is 9.47 Å². The summed E-state index contributed by atoms with van der Waals surface area (Å²) in [4.78, 5) is 18.5. The summed E-state index contributed by atoms with van der Waals surface area (Å²) in [7, 11) is 0. The van der Waals surface area contributed by atoms with Crippen molar-refractivity contribution in [3.8, 4) is 11.5 Å². The number of carbonyl (C=O) groups excluding carboxylic acids is 1. The Bertz CT molecular complexity index is 1030. The summed E-state index contributed by atoms with van der Waals surface area (Å²) in [5.74, 6) is 1.18. The molecule has 5 nitrogen and oxygen atoms in total. The zero-order valence-corrected chi connectivity index (χ0v) is 17.3. The van der Waals surface area contributed by atoms with Crippen LogP contribution in [0.25, 0.3) is 0 Å². The van der Waals surface area contributed by atoms with Gasteiger partial charge < -0.3 is 14.4 Å². The van der Waals surface area contributed by atoms with Crippen LogP contribution in [-0.4, -0.2) is 36.4 Å². The molecule has 0 bridgehead atoms. The van der Waals surface area contributed by atoms with Crippen LogP contribution in [0.3, 0.4) is 0 Å². The van der Waals surface area contributed by atoms with Gasteiger partial charge in [-0.2, -0.15) is 18.2 Å². The van der Waals surface area contributed by atoms with Crippen LogP contribution in [0.5, 0.6) is 11.5 Å². The molecule has 4 rings (SSSR count). The van der Waals surface area contributed by atoms with Gasteiger partial charge >= 0.3 is 6.18 Å². The quantitative estimate of drug-likeness (QED) is 0.683. The number of rotatable bonds is 5. The maximum Gasteiger partial charge on any atom is 0.416 e. The molecule has 2 aliphatic heterocycles. The van der Waals surface area contributed by atoms with E-state index in [9.17, 15) is 18.0 Å². The first-order valence-corrected chi connectivity index (χ1v) is 10.3. The zero-order valence-electron chi connectivity index (χ0n) is 17.3. The lowest BCUT2D eigenvalue weighted by atomic mass is 9.88. The highest BCUT2D eigenvalue weighted by Crippen LogP contribution is 2.42. The van der Waals surface area contributed by atoms with Crippen molar-refractivity contribution < 1.29 is 27.4 Å². The molecule has 1 unspecified atom stereocenters. The number of aliphatic imine (C=N–C) groups is 1. The van der Waals surface area contributed by atoms with Crippen LogP contribution in [0.2, 0.25) is 0 Å². The number of ether oxygens (including phenoxy) is 2. The number of carbonyl (C=O) groups is 1. The lowest BCUT2D eigenvalue weighted by molar-refractivity contribution is -0.137. The Morgan fingerprint density at radius 3 is 2.48 bits per heavy atom. The van der Waals surface area contributed by atoms with E-state index >= 15 is 0 Å². The van der Waals surface area contributed by atoms with Crippen molar-refractivity contribution in [1.82, 2.24) is 4.90 Å². The van der Waals surface area contributed by atoms with E-state index in [1.807, 2.05) is 30.9 Å². The van der Waals surface area contributed by atoms with Gasteiger partial charge in [0.05, 0.1) is 31.2 Å². The largest absolute Gasteiger partial charge is 0.490 e. The Hall–Kier alpha value is -3.03. The molecule has 2 aromatic carbocycles. The molecule has 2 heterocycles. The van der Waals surface area contributed by atoms with Crippen LogP contribution in [-0.2, 0) is 17.4 Å². The van der Waals surface area contributed by atoms with E-state index in [0.717, 1.165) is 23.3 Å². The molecule has 2 aliphatic rings. The van der Waals surface area contributed by atoms with E-state index < -0.39 is 11.7 Å². The number of hydrogen-bond donors (Lipinski definition) is 0. The fourth-order valence-corrected chi connectivity index (χ4v) is 4.18. The Morgan fingerprint density at radius 2 is 1.81 bits per heavy atom. The molecule has 0 saturated heterocycles. The number of nitrogens with zero attached hydrogens (tertiary/aromatic N) is 2. The minimum atomic E-state index is -4.47. The van der Waals surface area contributed by atoms with Crippen LogP contribution >= 0.6 is 0 Å². The number of hydrogen-bond acceptors (Lipinski definition) is 4. The van der Waals surface area contributed by atoms with Crippen LogP contribution < -0.4 is 9.47 Å². The maximum absolute atomic E-state index is 13.2. The number of benzene rings is 2. The molecule has 0 radical (unpaired) electrons. The van der Waals surface area contributed by atoms with Crippen LogP contribution in [0.1, 0.15) is 48.6 Å². The summed E-state index contributed by atoms with van der Waals surface area (Å²) in [6, 6.07) is 8.49. The molecule has 0 spiro atoms. The Balaban J connectivity index is 1.75. The second-order valence-corrected chi connectivity index (χ2v) is 7.43. The summed E-state index contributed by atoms with van der Waals surface area (Å²) in [6.45, 7) is 5.28. The average molecular weight is 432 g/mol. The second kappa shape index (κ2) is 8.24. The molecule has 8 heteroatoms. The molecule has 164 valence electrons. The number of fused-ring (bicyclic) bond motifs is 3. The van der Waals surface area contributed by atoms with Crippen molar-refractivity contribution >= 4 is 11.7 Å². The number of amidine groups is 1. The molecule has 31 heavy (non-hydrogen) atoms. The molecule has 0 saturated carbocycles. The molecule has 0 fully saturated rings. The Morgan fingerprint density at radius 1 is 1.10 bits per heavy atom. The maximum atomic E-state index is 13.2. The molecule has 0 aromatic heterocycles. The second-order valence-electron chi connectivity index (χ2n) is 7.43. The summed E-state index contributed by atoms with van der Waals surface area (Å²) in [6.07, 6.45) is -3.65. The van der Waals surface area contributed by atoms with E-state index in [0.29, 0.717) is 37.7 Å². The normalized spacial score (nSPS) is 18.2. The van der Waals surface area contributed by atoms with Gasteiger partial charge in [0, 0.05) is 12.1 Å². The number of halogens is 3. The van der Waals surface area contributed by atoms with Gasteiger partial charge in [0.15, 0.2) is 11.5 Å². The van der Waals surface area contributed by atoms with Crippen LogP contribution in [0, 0.1) is 0 Å². The minimum Gasteiger partial charge on any atom is -0.490 e. The van der Waals surface area contributed by atoms with Gasteiger partial charge in [-0.05, 0) is 55.7 Å². The van der Waals surface area contributed by atoms with Gasteiger partial charge in [-0.25, -0.2) is 0 Å². The highest BCUT2D eigenvalue weighted by molar-refractivity contribution is 6.07. The SMILES string of the molecule is CCOc1cc2c(cc1OCC)C1CC(=O)N=C(c3cccc(C(F)(F)F)c3)N1CC2. The Labute approximate surface area is 178 Å². The molecular weight excluding hydrogens is 409 g/mol. The van der Waals surface area contributed by atoms with Crippen molar-refractivity contribution in [2.75, 3.05) is 19.8 Å². The van der Waals surface area contributed by atoms with E-state index in [2.05, 4.69) is 4.99 Å². The first-order chi connectivity index (χ1) is 14.8. The third-order valence-corrected chi connectivity index (χ3v) is 5.48. The van der Waals surface area contributed by atoms with Crippen molar-refractivity contribution in [2.24, 2.45) is 4.99 Å². The monoisotopic (exact) mass is 432 g/mol. The molecular formula is C23H23F3N2O3. The summed E-state index contributed by atoms with van der Waals surface area (Å²) >= 11 is 0. The third kappa shape index (κ3) is 4.11. The predicted octanol–water partition coefficient (Wildman–Crippen LogP) is 4.78. The number of amides is 1. The first kappa shape index (κ1) is 21.2. The fraction of sp³-hybridized carbons (Fsp3) is 0.391. The summed E-state index contributed by atoms with van der Waals surface area (Å²) < 4.78 is 51.1. The van der Waals surface area contributed by atoms with Gasteiger partial charge in [-0.1, -0.05) is 12.1 Å². The van der Waals surface area contributed by atoms with Crippen molar-refractivity contribution in [1.29, 1.82) is 0 Å². The zero-order chi connectivity index (χ0) is 22.2. The molecule has 0 aliphatic carbocycles. The van der Waals surface area contributed by atoms with Crippen LogP contribution in [0.4, 0.5) is 13.2 Å². The lowest BCUT2D eigenvalue weighted by Crippen LogP contribution is -2.44. The van der Waals surface area contributed by atoms with E-state index in [1.54, 1.807) is 6.07 Å². The fourth-order valence-electron chi connectivity index (χ4n) is 4.18. The molecule has 2 aromatic rings. The van der Waals surface area contributed by atoms with Gasteiger partial charge in [-0.15, -0.1) is 0 Å².